The standard InChI is InChI=1S/C14H14ClF2N3O3/c1-3-23-14(22)11-6-10(18-19-11)13(21)20(2)12-4-7(15)8(16)5-9(12)17/h4-5,10,18H,3,6H2,1-2H3. The fourth-order valence-corrected chi connectivity index (χ4v) is 2.21. The molecule has 23 heavy (non-hydrogen) atoms. The molecule has 0 fully saturated rings. The molecule has 0 radical (unpaired) electrons. The summed E-state index contributed by atoms with van der Waals surface area (Å²) >= 11 is 5.61. The topological polar surface area (TPSA) is 71.0 Å². The van der Waals surface area contributed by atoms with Crippen molar-refractivity contribution < 1.29 is 23.1 Å². The highest BCUT2D eigenvalue weighted by molar-refractivity contribution is 6.37. The molecule has 1 amide bonds. The molecule has 0 spiro atoms. The zero-order valence-corrected chi connectivity index (χ0v) is 13.2. The highest BCUT2D eigenvalue weighted by Gasteiger charge is 2.32. The average Bonchev–Trinajstić information content (AvgIpc) is 2.99. The van der Waals surface area contributed by atoms with Crippen molar-refractivity contribution in [1.29, 1.82) is 0 Å². The smallest absolute Gasteiger partial charge is 0.354 e. The number of nitrogens with one attached hydrogen (secondary N) is 1. The molecule has 1 aromatic carbocycles. The molecule has 2 rings (SSSR count). The lowest BCUT2D eigenvalue weighted by Crippen LogP contribution is -2.42. The van der Waals surface area contributed by atoms with Gasteiger partial charge in [-0.05, 0) is 13.0 Å². The van der Waals surface area contributed by atoms with E-state index in [4.69, 9.17) is 16.3 Å². The number of likely N-dealkylation sites (N-methyl/N-ethyl adjacent to an activating group) is 1. The van der Waals surface area contributed by atoms with Crippen LogP contribution in [0.4, 0.5) is 14.5 Å². The number of esters is 1. The van der Waals surface area contributed by atoms with Gasteiger partial charge in [0, 0.05) is 19.5 Å². The summed E-state index contributed by atoms with van der Waals surface area (Å²) < 4.78 is 31.8. The van der Waals surface area contributed by atoms with E-state index < -0.39 is 29.6 Å². The molecule has 9 heteroatoms. The van der Waals surface area contributed by atoms with Gasteiger partial charge in [-0.25, -0.2) is 13.6 Å². The van der Waals surface area contributed by atoms with E-state index in [-0.39, 0.29) is 29.4 Å². The zero-order chi connectivity index (χ0) is 17.1. The van der Waals surface area contributed by atoms with Crippen LogP contribution in [-0.2, 0) is 14.3 Å². The van der Waals surface area contributed by atoms with Crippen molar-refractivity contribution >= 4 is 34.9 Å². The van der Waals surface area contributed by atoms with E-state index in [0.29, 0.717) is 6.07 Å². The highest BCUT2D eigenvalue weighted by Crippen LogP contribution is 2.26. The Morgan fingerprint density at radius 1 is 1.43 bits per heavy atom. The van der Waals surface area contributed by atoms with Crippen LogP contribution in [0.3, 0.4) is 0 Å². The Bertz CT molecular complexity index is 681. The number of ether oxygens (including phenoxy) is 1. The van der Waals surface area contributed by atoms with Crippen molar-refractivity contribution in [3.63, 3.8) is 0 Å². The van der Waals surface area contributed by atoms with E-state index >= 15 is 0 Å². The van der Waals surface area contributed by atoms with Crippen molar-refractivity contribution in [3.05, 3.63) is 28.8 Å². The summed E-state index contributed by atoms with van der Waals surface area (Å²) in [6.07, 6.45) is 0.0125. The number of carbonyl (C=O) groups excluding carboxylic acids is 2. The summed E-state index contributed by atoms with van der Waals surface area (Å²) in [4.78, 5) is 24.9. The number of rotatable bonds is 4. The number of hydrogen-bond acceptors (Lipinski definition) is 5. The van der Waals surface area contributed by atoms with Gasteiger partial charge in [0.15, 0.2) is 0 Å². The first kappa shape index (κ1) is 17.1. The predicted octanol–water partition coefficient (Wildman–Crippen LogP) is 1.86. The molecule has 1 aliphatic heterocycles. The van der Waals surface area contributed by atoms with Gasteiger partial charge < -0.3 is 9.64 Å². The summed E-state index contributed by atoms with van der Waals surface area (Å²) in [6, 6.07) is 0.777. The van der Waals surface area contributed by atoms with Gasteiger partial charge in [-0.3, -0.25) is 10.2 Å². The first-order valence-corrected chi connectivity index (χ1v) is 7.14. The number of benzene rings is 1. The van der Waals surface area contributed by atoms with E-state index in [1.54, 1.807) is 6.92 Å². The maximum atomic E-state index is 13.8. The minimum atomic E-state index is -0.924. The van der Waals surface area contributed by atoms with E-state index in [1.807, 2.05) is 0 Å². The van der Waals surface area contributed by atoms with Crippen molar-refractivity contribution in [2.45, 2.75) is 19.4 Å². The van der Waals surface area contributed by atoms with E-state index in [1.165, 1.54) is 7.05 Å². The molecule has 0 bridgehead atoms. The molecule has 0 aromatic heterocycles. The fourth-order valence-electron chi connectivity index (χ4n) is 2.05. The molecule has 0 aliphatic carbocycles. The molecule has 1 N–H and O–H groups in total. The van der Waals surface area contributed by atoms with Gasteiger partial charge in [0.1, 0.15) is 23.4 Å². The fraction of sp³-hybridized carbons (Fsp3) is 0.357. The first-order valence-electron chi connectivity index (χ1n) is 6.76. The molecule has 1 atom stereocenters. The molecule has 1 heterocycles. The lowest BCUT2D eigenvalue weighted by Gasteiger charge is -2.21. The molecular weight excluding hydrogens is 332 g/mol. The monoisotopic (exact) mass is 345 g/mol. The summed E-state index contributed by atoms with van der Waals surface area (Å²) in [6.45, 7) is 1.84. The largest absolute Gasteiger partial charge is 0.461 e. The number of amides is 1. The summed E-state index contributed by atoms with van der Waals surface area (Å²) in [5.41, 5.74) is 2.41. The molecule has 0 saturated carbocycles. The number of halogens is 3. The minimum Gasteiger partial charge on any atom is -0.461 e. The van der Waals surface area contributed by atoms with Crippen LogP contribution < -0.4 is 10.3 Å². The Morgan fingerprint density at radius 3 is 2.78 bits per heavy atom. The number of anilines is 1. The molecule has 1 aromatic rings. The van der Waals surface area contributed by atoms with Crippen LogP contribution >= 0.6 is 11.6 Å². The maximum Gasteiger partial charge on any atom is 0.354 e. The van der Waals surface area contributed by atoms with Gasteiger partial charge in [0.05, 0.1) is 17.3 Å². The molecule has 6 nitrogen and oxygen atoms in total. The number of carbonyl (C=O) groups is 2. The molecule has 124 valence electrons. The lowest BCUT2D eigenvalue weighted by molar-refractivity contribution is -0.135. The van der Waals surface area contributed by atoms with Crippen molar-refractivity contribution in [3.8, 4) is 0 Å². The van der Waals surface area contributed by atoms with Crippen LogP contribution in [0.25, 0.3) is 0 Å². The van der Waals surface area contributed by atoms with Crippen LogP contribution in [0.1, 0.15) is 13.3 Å². The number of nitrogens with zero attached hydrogens (tertiary/aromatic N) is 2. The third-order valence-electron chi connectivity index (χ3n) is 3.24. The van der Waals surface area contributed by atoms with E-state index in [0.717, 1.165) is 11.0 Å². The van der Waals surface area contributed by atoms with Crippen molar-refractivity contribution in [2.24, 2.45) is 5.10 Å². The Hall–Kier alpha value is -2.22. The summed E-state index contributed by atoms with van der Waals surface area (Å²) in [5, 5.41) is 3.45. The van der Waals surface area contributed by atoms with Crippen molar-refractivity contribution in [1.82, 2.24) is 5.43 Å². The summed E-state index contributed by atoms with van der Waals surface area (Å²) in [7, 11) is 1.32. The Balaban J connectivity index is 2.10. The third-order valence-corrected chi connectivity index (χ3v) is 3.53. The van der Waals surface area contributed by atoms with Gasteiger partial charge in [-0.15, -0.1) is 0 Å². The second kappa shape index (κ2) is 6.91. The zero-order valence-electron chi connectivity index (χ0n) is 12.4. The molecule has 1 aliphatic rings. The van der Waals surface area contributed by atoms with Gasteiger partial charge in [-0.2, -0.15) is 5.10 Å². The van der Waals surface area contributed by atoms with Gasteiger partial charge in [0.25, 0.3) is 5.91 Å². The average molecular weight is 346 g/mol. The highest BCUT2D eigenvalue weighted by atomic mass is 35.5. The Labute approximate surface area is 136 Å². The molecule has 0 saturated heterocycles. The van der Waals surface area contributed by atoms with Crippen LogP contribution in [0.5, 0.6) is 0 Å². The van der Waals surface area contributed by atoms with Crippen LogP contribution in [0, 0.1) is 11.6 Å². The van der Waals surface area contributed by atoms with Crippen molar-refractivity contribution in [2.75, 3.05) is 18.6 Å². The normalized spacial score (nSPS) is 16.6. The minimum absolute atomic E-state index is 0.0125. The SMILES string of the molecule is CCOC(=O)C1=NNC(C(=O)N(C)c2cc(Cl)c(F)cc2F)C1. The van der Waals surface area contributed by atoms with E-state index in [2.05, 4.69) is 10.5 Å². The quantitative estimate of drug-likeness (QED) is 0.668. The van der Waals surface area contributed by atoms with Gasteiger partial charge in [-0.1, -0.05) is 11.6 Å². The van der Waals surface area contributed by atoms with E-state index in [9.17, 15) is 18.4 Å². The first-order chi connectivity index (χ1) is 10.8. The van der Waals surface area contributed by atoms with Gasteiger partial charge >= 0.3 is 5.97 Å². The van der Waals surface area contributed by atoms with Crippen LogP contribution in [-0.4, -0.2) is 37.3 Å². The second-order valence-corrected chi connectivity index (χ2v) is 5.19. The third kappa shape index (κ3) is 3.58. The number of hydrazone groups is 1. The van der Waals surface area contributed by atoms with Gasteiger partial charge in [0.2, 0.25) is 0 Å². The number of hydrogen-bond donors (Lipinski definition) is 1. The Morgan fingerprint density at radius 2 is 2.13 bits per heavy atom. The predicted molar refractivity (Wildman–Crippen MR) is 80.4 cm³/mol. The Kier molecular flexibility index (Phi) is 5.15. The summed E-state index contributed by atoms with van der Waals surface area (Å²) in [5.74, 6) is -3.00. The molecular formula is C14H14ClF2N3O3. The second-order valence-electron chi connectivity index (χ2n) is 4.78. The van der Waals surface area contributed by atoms with Crippen LogP contribution in [0.2, 0.25) is 5.02 Å². The lowest BCUT2D eigenvalue weighted by atomic mass is 10.1. The maximum absolute atomic E-state index is 13.8. The van der Waals surface area contributed by atoms with Crippen LogP contribution in [0.15, 0.2) is 17.2 Å². The molecule has 1 unspecified atom stereocenters.